The first-order chi connectivity index (χ1) is 9.18. The van der Waals surface area contributed by atoms with E-state index in [0.717, 1.165) is 17.3 Å². The minimum atomic E-state index is -0.925. The van der Waals surface area contributed by atoms with Crippen LogP contribution >= 0.6 is 0 Å². The van der Waals surface area contributed by atoms with Gasteiger partial charge in [0.05, 0.1) is 5.56 Å². The summed E-state index contributed by atoms with van der Waals surface area (Å²) in [5, 5.41) is 9.98. The van der Waals surface area contributed by atoms with Gasteiger partial charge >= 0.3 is 5.97 Å². The lowest BCUT2D eigenvalue weighted by Crippen LogP contribution is -2.40. The maximum absolute atomic E-state index is 12.5. The van der Waals surface area contributed by atoms with Crippen LogP contribution in [0.15, 0.2) is 30.5 Å². The van der Waals surface area contributed by atoms with E-state index in [4.69, 9.17) is 5.11 Å². The van der Waals surface area contributed by atoms with Crippen molar-refractivity contribution in [3.63, 3.8) is 0 Å². The van der Waals surface area contributed by atoms with Gasteiger partial charge in [-0.15, -0.1) is 0 Å². The van der Waals surface area contributed by atoms with Gasteiger partial charge in [0.1, 0.15) is 6.04 Å². The minimum absolute atomic E-state index is 0.206. The quantitative estimate of drug-likeness (QED) is 0.863. The SMILES string of the molecule is O=C(O)[C@@H]1CCCN1C(=O)c1c[nH]c2ccccc12. The number of carbonyl (C=O) groups is 2. The lowest BCUT2D eigenvalue weighted by molar-refractivity contribution is -0.141. The molecule has 1 amide bonds. The van der Waals surface area contributed by atoms with Gasteiger partial charge in [-0.05, 0) is 18.9 Å². The van der Waals surface area contributed by atoms with Crippen molar-refractivity contribution >= 4 is 22.8 Å². The third-order valence-corrected chi connectivity index (χ3v) is 3.62. The molecule has 0 aliphatic carbocycles. The van der Waals surface area contributed by atoms with Gasteiger partial charge in [-0.2, -0.15) is 0 Å². The Balaban J connectivity index is 1.98. The van der Waals surface area contributed by atoms with Crippen LogP contribution in [0.25, 0.3) is 10.9 Å². The lowest BCUT2D eigenvalue weighted by atomic mass is 10.1. The number of amides is 1. The van der Waals surface area contributed by atoms with Crippen LogP contribution in [0.2, 0.25) is 0 Å². The number of para-hydroxylation sites is 1. The Morgan fingerprint density at radius 1 is 1.32 bits per heavy atom. The van der Waals surface area contributed by atoms with Crippen molar-refractivity contribution in [2.24, 2.45) is 0 Å². The van der Waals surface area contributed by atoms with E-state index < -0.39 is 12.0 Å². The van der Waals surface area contributed by atoms with Gasteiger partial charge in [0.15, 0.2) is 0 Å². The van der Waals surface area contributed by atoms with Crippen molar-refractivity contribution in [2.75, 3.05) is 6.54 Å². The molecule has 1 aliphatic rings. The number of aromatic nitrogens is 1. The number of hydrogen-bond acceptors (Lipinski definition) is 2. The summed E-state index contributed by atoms with van der Waals surface area (Å²) in [6.45, 7) is 0.509. The van der Waals surface area contributed by atoms with Gasteiger partial charge in [-0.25, -0.2) is 4.79 Å². The summed E-state index contributed by atoms with van der Waals surface area (Å²) < 4.78 is 0. The highest BCUT2D eigenvalue weighted by Gasteiger charge is 2.35. The largest absolute Gasteiger partial charge is 0.480 e. The molecule has 2 N–H and O–H groups in total. The Morgan fingerprint density at radius 3 is 2.89 bits per heavy atom. The number of aromatic amines is 1. The second kappa shape index (κ2) is 4.42. The molecule has 1 saturated heterocycles. The molecule has 2 heterocycles. The Morgan fingerprint density at radius 2 is 2.11 bits per heavy atom. The molecule has 19 heavy (non-hydrogen) atoms. The van der Waals surface area contributed by atoms with E-state index in [9.17, 15) is 9.59 Å². The lowest BCUT2D eigenvalue weighted by Gasteiger charge is -2.20. The molecule has 98 valence electrons. The number of carboxylic acid groups (broad SMARTS) is 1. The van der Waals surface area contributed by atoms with Crippen LogP contribution < -0.4 is 0 Å². The van der Waals surface area contributed by atoms with Gasteiger partial charge < -0.3 is 15.0 Å². The normalized spacial score (nSPS) is 18.9. The fourth-order valence-corrected chi connectivity index (χ4v) is 2.67. The number of benzene rings is 1. The van der Waals surface area contributed by atoms with Crippen molar-refractivity contribution in [1.82, 2.24) is 9.88 Å². The molecule has 1 atom stereocenters. The van der Waals surface area contributed by atoms with Crippen molar-refractivity contribution in [3.05, 3.63) is 36.0 Å². The smallest absolute Gasteiger partial charge is 0.326 e. The number of H-pyrrole nitrogens is 1. The number of carbonyl (C=O) groups excluding carboxylic acids is 1. The van der Waals surface area contributed by atoms with Gasteiger partial charge in [0.2, 0.25) is 0 Å². The predicted octanol–water partition coefficient (Wildman–Crippen LogP) is 1.86. The third-order valence-electron chi connectivity index (χ3n) is 3.62. The van der Waals surface area contributed by atoms with E-state index in [1.54, 1.807) is 6.20 Å². The Bertz CT molecular complexity index is 647. The molecule has 1 aromatic carbocycles. The first-order valence-electron chi connectivity index (χ1n) is 6.28. The van der Waals surface area contributed by atoms with Gasteiger partial charge in [0.25, 0.3) is 5.91 Å². The Hall–Kier alpha value is -2.30. The van der Waals surface area contributed by atoms with E-state index in [0.29, 0.717) is 18.5 Å². The van der Waals surface area contributed by atoms with Crippen molar-refractivity contribution in [1.29, 1.82) is 0 Å². The predicted molar refractivity (Wildman–Crippen MR) is 70.0 cm³/mol. The highest BCUT2D eigenvalue weighted by Crippen LogP contribution is 2.24. The average Bonchev–Trinajstić information content (AvgIpc) is 3.05. The third kappa shape index (κ3) is 1.87. The zero-order valence-electron chi connectivity index (χ0n) is 10.3. The van der Waals surface area contributed by atoms with E-state index in [1.807, 2.05) is 24.3 Å². The van der Waals surface area contributed by atoms with Gasteiger partial charge in [-0.3, -0.25) is 4.79 Å². The molecule has 1 aliphatic heterocycles. The molecule has 1 aromatic heterocycles. The highest BCUT2D eigenvalue weighted by atomic mass is 16.4. The van der Waals surface area contributed by atoms with Crippen LogP contribution in [0.4, 0.5) is 0 Å². The molecular formula is C14H14N2O3. The van der Waals surface area contributed by atoms with Crippen LogP contribution in [0, 0.1) is 0 Å². The molecule has 1 fully saturated rings. The zero-order chi connectivity index (χ0) is 13.4. The highest BCUT2D eigenvalue weighted by molar-refractivity contribution is 6.07. The van der Waals surface area contributed by atoms with E-state index in [2.05, 4.69) is 4.98 Å². The van der Waals surface area contributed by atoms with Crippen molar-refractivity contribution in [2.45, 2.75) is 18.9 Å². The number of nitrogens with one attached hydrogen (secondary N) is 1. The number of hydrogen-bond donors (Lipinski definition) is 2. The summed E-state index contributed by atoms with van der Waals surface area (Å²) in [6, 6.07) is 6.82. The van der Waals surface area contributed by atoms with Gasteiger partial charge in [-0.1, -0.05) is 18.2 Å². The summed E-state index contributed by atoms with van der Waals surface area (Å²) in [5.74, 6) is -1.13. The van der Waals surface area contributed by atoms with E-state index >= 15 is 0 Å². The number of rotatable bonds is 2. The van der Waals surface area contributed by atoms with Crippen LogP contribution in [0.5, 0.6) is 0 Å². The van der Waals surface area contributed by atoms with Crippen LogP contribution in [0.3, 0.4) is 0 Å². The monoisotopic (exact) mass is 258 g/mol. The maximum atomic E-state index is 12.5. The summed E-state index contributed by atoms with van der Waals surface area (Å²) in [6.07, 6.45) is 2.93. The molecule has 5 heteroatoms. The number of fused-ring (bicyclic) bond motifs is 1. The standard InChI is InChI=1S/C14H14N2O3/c17-13(16-7-3-6-12(16)14(18)19)10-8-15-11-5-2-1-4-9(10)11/h1-2,4-5,8,12,15H,3,6-7H2,(H,18,19)/t12-/m0/s1. The Kier molecular flexibility index (Phi) is 2.74. The molecule has 5 nitrogen and oxygen atoms in total. The van der Waals surface area contributed by atoms with Crippen LogP contribution in [-0.4, -0.2) is 39.5 Å². The number of carboxylic acids is 1. The average molecular weight is 258 g/mol. The van der Waals surface area contributed by atoms with Gasteiger partial charge in [0, 0.05) is 23.6 Å². The molecule has 0 unspecified atom stereocenters. The van der Waals surface area contributed by atoms with Crippen LogP contribution in [-0.2, 0) is 4.79 Å². The molecule has 0 spiro atoms. The molecule has 0 radical (unpaired) electrons. The van der Waals surface area contributed by atoms with Crippen LogP contribution in [0.1, 0.15) is 23.2 Å². The molecule has 3 rings (SSSR count). The fourth-order valence-electron chi connectivity index (χ4n) is 2.67. The first kappa shape index (κ1) is 11.8. The Labute approximate surface area is 109 Å². The molecule has 2 aromatic rings. The molecule has 0 bridgehead atoms. The number of aliphatic carboxylic acids is 1. The van der Waals surface area contributed by atoms with Crippen molar-refractivity contribution in [3.8, 4) is 0 Å². The molecular weight excluding hydrogens is 244 g/mol. The summed E-state index contributed by atoms with van der Waals surface area (Å²) in [4.78, 5) is 28.1. The summed E-state index contributed by atoms with van der Waals surface area (Å²) in [5.41, 5.74) is 1.43. The second-order valence-corrected chi connectivity index (χ2v) is 4.74. The summed E-state index contributed by atoms with van der Waals surface area (Å²) in [7, 11) is 0. The topological polar surface area (TPSA) is 73.4 Å². The number of nitrogens with zero attached hydrogens (tertiary/aromatic N) is 1. The number of likely N-dealkylation sites (tertiary alicyclic amines) is 1. The van der Waals surface area contributed by atoms with E-state index in [-0.39, 0.29) is 5.91 Å². The second-order valence-electron chi connectivity index (χ2n) is 4.74. The fraction of sp³-hybridized carbons (Fsp3) is 0.286. The minimum Gasteiger partial charge on any atom is -0.480 e. The van der Waals surface area contributed by atoms with Crippen molar-refractivity contribution < 1.29 is 14.7 Å². The first-order valence-corrected chi connectivity index (χ1v) is 6.28. The van der Waals surface area contributed by atoms with E-state index in [1.165, 1.54) is 4.90 Å². The molecule has 0 saturated carbocycles. The zero-order valence-corrected chi connectivity index (χ0v) is 10.3. The summed E-state index contributed by atoms with van der Waals surface area (Å²) >= 11 is 0. The maximum Gasteiger partial charge on any atom is 0.326 e.